The average Bonchev–Trinajstić information content (AvgIpc) is 3.34. The molecule has 0 aliphatic heterocycles. The number of amides is 1. The van der Waals surface area contributed by atoms with Crippen molar-refractivity contribution in [2.75, 3.05) is 0 Å². The number of benzene rings is 1. The highest BCUT2D eigenvalue weighted by Crippen LogP contribution is 2.32. The summed E-state index contributed by atoms with van der Waals surface area (Å²) in [7, 11) is 0. The lowest BCUT2D eigenvalue weighted by atomic mass is 10.1. The highest BCUT2D eigenvalue weighted by molar-refractivity contribution is 6.35. The lowest BCUT2D eigenvalue weighted by Gasteiger charge is -2.12. The third-order valence-corrected chi connectivity index (χ3v) is 5.34. The Hall–Kier alpha value is -4.06. The molecule has 170 valence electrons. The van der Waals surface area contributed by atoms with Crippen molar-refractivity contribution in [1.29, 1.82) is 5.26 Å². The zero-order chi connectivity index (χ0) is 24.2. The van der Waals surface area contributed by atoms with Gasteiger partial charge in [-0.2, -0.15) is 10.2 Å². The minimum Gasteiger partial charge on any atom is -0.467 e. The van der Waals surface area contributed by atoms with Crippen LogP contribution in [0.3, 0.4) is 0 Å². The van der Waals surface area contributed by atoms with E-state index in [4.69, 9.17) is 32.4 Å². The highest BCUT2D eigenvalue weighted by Gasteiger charge is 2.19. The van der Waals surface area contributed by atoms with E-state index in [2.05, 4.69) is 10.3 Å². The van der Waals surface area contributed by atoms with Crippen molar-refractivity contribution in [2.45, 2.75) is 13.5 Å². The number of furan rings is 1. The highest BCUT2D eigenvalue weighted by atomic mass is 35.5. The second-order valence-electron chi connectivity index (χ2n) is 7.13. The minimum absolute atomic E-state index is 0.0722. The molecule has 0 fully saturated rings. The molecule has 1 N–H and O–H groups in total. The van der Waals surface area contributed by atoms with Crippen LogP contribution in [-0.2, 0) is 11.3 Å². The van der Waals surface area contributed by atoms with E-state index in [0.717, 1.165) is 11.6 Å². The first-order valence-corrected chi connectivity index (χ1v) is 10.7. The van der Waals surface area contributed by atoms with Gasteiger partial charge in [0.25, 0.3) is 11.5 Å². The van der Waals surface area contributed by atoms with Crippen LogP contribution < -0.4 is 15.6 Å². The van der Waals surface area contributed by atoms with E-state index in [0.29, 0.717) is 16.4 Å². The molecule has 8 nitrogen and oxygen atoms in total. The van der Waals surface area contributed by atoms with E-state index in [1.165, 1.54) is 29.0 Å². The molecule has 0 saturated carbocycles. The van der Waals surface area contributed by atoms with Crippen molar-refractivity contribution >= 4 is 40.8 Å². The number of rotatable bonds is 6. The maximum absolute atomic E-state index is 13.3. The number of aromatic nitrogens is 2. The summed E-state index contributed by atoms with van der Waals surface area (Å²) in [6, 6.07) is 13.2. The number of halogens is 2. The van der Waals surface area contributed by atoms with Gasteiger partial charge in [-0.15, -0.1) is 0 Å². The maximum Gasteiger partial charge on any atom is 0.269 e. The molecule has 3 aromatic heterocycles. The topological polar surface area (TPSA) is 110 Å². The Labute approximate surface area is 203 Å². The SMILES string of the molecule is Cc1cccn2c(=O)c(/C=C(\C#N)C(=O)NCc3ccco3)c(Oc3ccc(Cl)cc3Cl)nc12. The van der Waals surface area contributed by atoms with E-state index in [1.807, 2.05) is 6.07 Å². The maximum atomic E-state index is 13.3. The number of nitrogens with zero attached hydrogens (tertiary/aromatic N) is 3. The molecule has 0 radical (unpaired) electrons. The van der Waals surface area contributed by atoms with Crippen molar-refractivity contribution in [3.63, 3.8) is 0 Å². The number of nitriles is 1. The van der Waals surface area contributed by atoms with E-state index in [9.17, 15) is 14.9 Å². The summed E-state index contributed by atoms with van der Waals surface area (Å²) in [5.74, 6) is -0.0977. The lowest BCUT2D eigenvalue weighted by Crippen LogP contribution is -2.25. The lowest BCUT2D eigenvalue weighted by molar-refractivity contribution is -0.117. The Morgan fingerprint density at radius 1 is 1.29 bits per heavy atom. The molecule has 4 aromatic rings. The number of carbonyl (C=O) groups is 1. The molecule has 4 rings (SSSR count). The normalized spacial score (nSPS) is 11.3. The number of carbonyl (C=O) groups excluding carboxylic acids is 1. The van der Waals surface area contributed by atoms with E-state index in [-0.39, 0.29) is 34.3 Å². The van der Waals surface area contributed by atoms with Gasteiger partial charge in [0.15, 0.2) is 0 Å². The van der Waals surface area contributed by atoms with Crippen molar-refractivity contribution < 1.29 is 13.9 Å². The summed E-state index contributed by atoms with van der Waals surface area (Å²) >= 11 is 12.2. The Kier molecular flexibility index (Phi) is 6.68. The summed E-state index contributed by atoms with van der Waals surface area (Å²) in [5, 5.41) is 12.8. The van der Waals surface area contributed by atoms with Gasteiger partial charge in [-0.1, -0.05) is 29.3 Å². The molecule has 1 amide bonds. The first kappa shape index (κ1) is 23.1. The smallest absolute Gasteiger partial charge is 0.269 e. The fraction of sp³-hybridized carbons (Fsp3) is 0.0833. The second kappa shape index (κ2) is 9.83. The van der Waals surface area contributed by atoms with Gasteiger partial charge >= 0.3 is 0 Å². The largest absolute Gasteiger partial charge is 0.467 e. The van der Waals surface area contributed by atoms with Gasteiger partial charge in [-0.3, -0.25) is 14.0 Å². The molecule has 0 unspecified atom stereocenters. The molecule has 0 saturated heterocycles. The Morgan fingerprint density at radius 2 is 2.12 bits per heavy atom. The van der Waals surface area contributed by atoms with E-state index in [1.54, 1.807) is 37.3 Å². The van der Waals surface area contributed by atoms with Crippen molar-refractivity contribution in [2.24, 2.45) is 0 Å². The van der Waals surface area contributed by atoms with Crippen molar-refractivity contribution in [1.82, 2.24) is 14.7 Å². The number of aryl methyl sites for hydroxylation is 1. The number of nitrogens with one attached hydrogen (secondary N) is 1. The molecule has 0 atom stereocenters. The zero-order valence-electron chi connectivity index (χ0n) is 17.7. The molecule has 0 spiro atoms. The molecular formula is C24H16Cl2N4O4. The number of pyridine rings is 1. The third-order valence-electron chi connectivity index (χ3n) is 4.81. The standard InChI is InChI=1S/C24H16Cl2N4O4/c1-14-4-2-8-30-21(14)29-23(34-20-7-6-16(25)11-19(20)26)18(24(30)32)10-15(12-27)22(31)28-13-17-5-3-9-33-17/h2-11H,13H2,1H3,(H,28,31)/b15-10+. The number of ether oxygens (including phenoxy) is 1. The number of fused-ring (bicyclic) bond motifs is 1. The predicted molar refractivity (Wildman–Crippen MR) is 127 cm³/mol. The van der Waals surface area contributed by atoms with Crippen molar-refractivity contribution in [3.8, 4) is 17.7 Å². The molecular weight excluding hydrogens is 479 g/mol. The van der Waals surface area contributed by atoms with Crippen LogP contribution in [0.5, 0.6) is 11.6 Å². The molecule has 0 aliphatic carbocycles. The van der Waals surface area contributed by atoms with Crippen molar-refractivity contribution in [3.05, 3.63) is 97.8 Å². The van der Waals surface area contributed by atoms with Crippen LogP contribution in [0.2, 0.25) is 10.0 Å². The fourth-order valence-corrected chi connectivity index (χ4v) is 3.57. The van der Waals surface area contributed by atoms with E-state index >= 15 is 0 Å². The number of hydrogen-bond donors (Lipinski definition) is 1. The quantitative estimate of drug-likeness (QED) is 0.301. The van der Waals surface area contributed by atoms with Crippen LogP contribution in [0.4, 0.5) is 0 Å². The van der Waals surface area contributed by atoms with Gasteiger partial charge in [-0.25, -0.2) is 0 Å². The summed E-state index contributed by atoms with van der Waals surface area (Å²) in [5.41, 5.74) is 0.133. The van der Waals surface area contributed by atoms with Gasteiger partial charge < -0.3 is 14.5 Å². The molecule has 0 aliphatic rings. The first-order valence-electron chi connectivity index (χ1n) is 9.94. The van der Waals surface area contributed by atoms with Gasteiger partial charge in [0.05, 0.1) is 17.8 Å². The van der Waals surface area contributed by atoms with E-state index < -0.39 is 11.5 Å². The van der Waals surface area contributed by atoms with Crippen LogP contribution in [-0.4, -0.2) is 15.3 Å². The summed E-state index contributed by atoms with van der Waals surface area (Å²) in [6.45, 7) is 1.86. The summed E-state index contributed by atoms with van der Waals surface area (Å²) in [6.07, 6.45) is 4.15. The first-order chi connectivity index (χ1) is 16.4. The van der Waals surface area contributed by atoms with Gasteiger partial charge in [0.2, 0.25) is 5.88 Å². The Bertz CT molecular complexity index is 1520. The van der Waals surface area contributed by atoms with Crippen LogP contribution in [0, 0.1) is 18.3 Å². The summed E-state index contributed by atoms with van der Waals surface area (Å²) in [4.78, 5) is 30.4. The second-order valence-corrected chi connectivity index (χ2v) is 7.97. The molecule has 0 bridgehead atoms. The summed E-state index contributed by atoms with van der Waals surface area (Å²) < 4.78 is 12.4. The molecule has 34 heavy (non-hydrogen) atoms. The minimum atomic E-state index is -0.692. The van der Waals surface area contributed by atoms with Gasteiger partial charge in [0, 0.05) is 11.2 Å². The average molecular weight is 495 g/mol. The Morgan fingerprint density at radius 3 is 2.82 bits per heavy atom. The van der Waals surface area contributed by atoms with Gasteiger partial charge in [-0.05, 0) is 55.0 Å². The fourth-order valence-electron chi connectivity index (χ4n) is 3.12. The number of hydrogen-bond acceptors (Lipinski definition) is 6. The monoisotopic (exact) mass is 494 g/mol. The molecule has 1 aromatic carbocycles. The molecule has 3 heterocycles. The van der Waals surface area contributed by atoms with Crippen LogP contribution >= 0.6 is 23.2 Å². The third kappa shape index (κ3) is 4.81. The van der Waals surface area contributed by atoms with Crippen LogP contribution in [0.15, 0.2) is 69.7 Å². The predicted octanol–water partition coefficient (Wildman–Crippen LogP) is 4.92. The van der Waals surface area contributed by atoms with Crippen LogP contribution in [0.1, 0.15) is 16.9 Å². The van der Waals surface area contributed by atoms with Crippen LogP contribution in [0.25, 0.3) is 11.7 Å². The zero-order valence-corrected chi connectivity index (χ0v) is 19.2. The Balaban J connectivity index is 1.81. The van der Waals surface area contributed by atoms with Gasteiger partial charge in [0.1, 0.15) is 34.4 Å². The molecule has 10 heteroatoms.